The zero-order chi connectivity index (χ0) is 11.4. The number of benzene rings is 1. The minimum absolute atomic E-state index is 0.0276. The summed E-state index contributed by atoms with van der Waals surface area (Å²) < 4.78 is 8.19. The predicted octanol–water partition coefficient (Wildman–Crippen LogP) is 1.59. The molecule has 5 heteroatoms. The van der Waals surface area contributed by atoms with Crippen molar-refractivity contribution in [2.75, 3.05) is 0 Å². The van der Waals surface area contributed by atoms with Gasteiger partial charge in [-0.05, 0) is 24.5 Å². The molecule has 1 atom stereocenters. The third-order valence-electron chi connectivity index (χ3n) is 2.62. The highest BCUT2D eigenvalue weighted by Crippen LogP contribution is 2.18. The Morgan fingerprint density at radius 1 is 1.44 bits per heavy atom. The molecule has 0 fully saturated rings. The van der Waals surface area contributed by atoms with Crippen LogP contribution in [0.2, 0.25) is 0 Å². The number of aryl methyl sites for hydroxylation is 1. The molecule has 1 aromatic heterocycles. The molecular formula is C11H14N4S. The molecule has 1 aromatic carbocycles. The normalized spacial score (nSPS) is 12.6. The molecule has 16 heavy (non-hydrogen) atoms. The molecule has 0 spiro atoms. The summed E-state index contributed by atoms with van der Waals surface area (Å²) in [5.41, 5.74) is 6.23. The van der Waals surface area contributed by atoms with Gasteiger partial charge in [0, 0.05) is 0 Å². The third kappa shape index (κ3) is 2.44. The van der Waals surface area contributed by atoms with Crippen molar-refractivity contribution >= 4 is 11.7 Å². The van der Waals surface area contributed by atoms with Crippen LogP contribution >= 0.6 is 11.7 Å². The van der Waals surface area contributed by atoms with E-state index >= 15 is 0 Å². The predicted molar refractivity (Wildman–Crippen MR) is 64.9 cm³/mol. The molecule has 4 nitrogen and oxygen atoms in total. The van der Waals surface area contributed by atoms with Crippen molar-refractivity contribution in [1.82, 2.24) is 14.2 Å². The fourth-order valence-corrected chi connectivity index (χ4v) is 2.10. The summed E-state index contributed by atoms with van der Waals surface area (Å²) in [5.74, 6) is 5.55. The van der Waals surface area contributed by atoms with Crippen LogP contribution in [0.15, 0.2) is 30.5 Å². The van der Waals surface area contributed by atoms with Crippen molar-refractivity contribution in [3.05, 3.63) is 47.3 Å². The summed E-state index contributed by atoms with van der Waals surface area (Å²) in [6.07, 6.45) is 2.59. The zero-order valence-corrected chi connectivity index (χ0v) is 9.87. The minimum atomic E-state index is 0.0276. The first-order chi connectivity index (χ1) is 7.81. The second-order valence-corrected chi connectivity index (χ2v) is 4.24. The molecule has 0 radical (unpaired) electrons. The smallest absolute Gasteiger partial charge is 0.0929 e. The van der Waals surface area contributed by atoms with Crippen LogP contribution < -0.4 is 11.3 Å². The molecule has 2 aromatic rings. The van der Waals surface area contributed by atoms with Gasteiger partial charge >= 0.3 is 0 Å². The van der Waals surface area contributed by atoms with Crippen LogP contribution in [0.25, 0.3) is 0 Å². The number of nitrogens with two attached hydrogens (primary N) is 1. The van der Waals surface area contributed by atoms with Gasteiger partial charge in [-0.25, -0.2) is 0 Å². The van der Waals surface area contributed by atoms with Crippen LogP contribution in [0.5, 0.6) is 0 Å². The topological polar surface area (TPSA) is 63.8 Å². The van der Waals surface area contributed by atoms with E-state index in [2.05, 4.69) is 33.2 Å². The first-order valence-electron chi connectivity index (χ1n) is 5.09. The Hall–Kier alpha value is -1.30. The van der Waals surface area contributed by atoms with Crippen LogP contribution in [-0.4, -0.2) is 8.75 Å². The number of hydrogen-bond donors (Lipinski definition) is 2. The molecule has 1 heterocycles. The van der Waals surface area contributed by atoms with Gasteiger partial charge in [0.1, 0.15) is 0 Å². The maximum absolute atomic E-state index is 5.55. The summed E-state index contributed by atoms with van der Waals surface area (Å²) in [7, 11) is 0. The summed E-state index contributed by atoms with van der Waals surface area (Å²) in [6, 6.07) is 8.31. The molecule has 84 valence electrons. The summed E-state index contributed by atoms with van der Waals surface area (Å²) in [4.78, 5) is 0. The Balaban J connectivity index is 2.17. The highest BCUT2D eigenvalue weighted by atomic mass is 32.1. The van der Waals surface area contributed by atoms with Gasteiger partial charge in [0.25, 0.3) is 0 Å². The number of hydrazine groups is 1. The Morgan fingerprint density at radius 2 is 2.25 bits per heavy atom. The zero-order valence-electron chi connectivity index (χ0n) is 9.05. The standard InChI is InChI=1S/C11H14N4S/c1-8-4-2-3-5-9(8)6-10(14-12)11-7-13-16-15-11/h2-5,7,10,14H,6,12H2,1H3. The fraction of sp³-hybridized carbons (Fsp3) is 0.273. The number of nitrogens with one attached hydrogen (secondary N) is 1. The summed E-state index contributed by atoms with van der Waals surface area (Å²) >= 11 is 1.20. The molecule has 1 unspecified atom stereocenters. The molecule has 0 bridgehead atoms. The highest BCUT2D eigenvalue weighted by molar-refractivity contribution is 6.99. The molecule has 0 aliphatic rings. The summed E-state index contributed by atoms with van der Waals surface area (Å²) in [5, 5.41) is 0. The van der Waals surface area contributed by atoms with Crippen molar-refractivity contribution in [3.8, 4) is 0 Å². The average Bonchev–Trinajstić information content (AvgIpc) is 2.81. The van der Waals surface area contributed by atoms with E-state index in [-0.39, 0.29) is 6.04 Å². The molecule has 0 aliphatic carbocycles. The van der Waals surface area contributed by atoms with E-state index in [0.29, 0.717) is 0 Å². The molecule has 0 aliphatic heterocycles. The maximum Gasteiger partial charge on any atom is 0.0929 e. The van der Waals surface area contributed by atoms with Gasteiger partial charge in [-0.15, -0.1) is 0 Å². The van der Waals surface area contributed by atoms with Gasteiger partial charge in [0.2, 0.25) is 0 Å². The monoisotopic (exact) mass is 234 g/mol. The Morgan fingerprint density at radius 3 is 2.88 bits per heavy atom. The molecule has 2 rings (SSSR count). The second kappa shape index (κ2) is 5.16. The largest absolute Gasteiger partial charge is 0.271 e. The van der Waals surface area contributed by atoms with E-state index in [4.69, 9.17) is 5.84 Å². The van der Waals surface area contributed by atoms with Gasteiger partial charge in [-0.2, -0.15) is 8.75 Å². The highest BCUT2D eigenvalue weighted by Gasteiger charge is 2.13. The number of nitrogens with zero attached hydrogens (tertiary/aromatic N) is 2. The molecule has 3 N–H and O–H groups in total. The average molecular weight is 234 g/mol. The van der Waals surface area contributed by atoms with Crippen LogP contribution in [0, 0.1) is 6.92 Å². The Bertz CT molecular complexity index is 441. The number of aromatic nitrogens is 2. The van der Waals surface area contributed by atoms with Crippen LogP contribution in [0.1, 0.15) is 22.9 Å². The molecule has 0 saturated carbocycles. The minimum Gasteiger partial charge on any atom is -0.271 e. The van der Waals surface area contributed by atoms with Gasteiger partial charge in [-0.1, -0.05) is 24.3 Å². The first-order valence-corrected chi connectivity index (χ1v) is 5.82. The summed E-state index contributed by atoms with van der Waals surface area (Å²) in [6.45, 7) is 2.10. The van der Waals surface area contributed by atoms with Crippen molar-refractivity contribution in [1.29, 1.82) is 0 Å². The van der Waals surface area contributed by atoms with E-state index in [1.165, 1.54) is 22.9 Å². The van der Waals surface area contributed by atoms with E-state index in [1.54, 1.807) is 6.20 Å². The van der Waals surface area contributed by atoms with E-state index in [1.807, 2.05) is 12.1 Å². The van der Waals surface area contributed by atoms with Crippen LogP contribution in [-0.2, 0) is 6.42 Å². The van der Waals surface area contributed by atoms with Crippen LogP contribution in [0.3, 0.4) is 0 Å². The second-order valence-electron chi connectivity index (χ2n) is 3.68. The van der Waals surface area contributed by atoms with E-state index in [0.717, 1.165) is 12.1 Å². The SMILES string of the molecule is Cc1ccccc1CC(NN)c1cnsn1. The molecule has 0 saturated heterocycles. The van der Waals surface area contributed by atoms with E-state index in [9.17, 15) is 0 Å². The van der Waals surface area contributed by atoms with Gasteiger partial charge in [0.05, 0.1) is 29.7 Å². The van der Waals surface area contributed by atoms with Crippen molar-refractivity contribution in [3.63, 3.8) is 0 Å². The number of hydrogen-bond acceptors (Lipinski definition) is 5. The van der Waals surface area contributed by atoms with Crippen molar-refractivity contribution in [2.45, 2.75) is 19.4 Å². The van der Waals surface area contributed by atoms with Crippen LogP contribution in [0.4, 0.5) is 0 Å². The quantitative estimate of drug-likeness (QED) is 0.623. The van der Waals surface area contributed by atoms with Gasteiger partial charge < -0.3 is 0 Å². The lowest BCUT2D eigenvalue weighted by Crippen LogP contribution is -2.30. The van der Waals surface area contributed by atoms with Gasteiger partial charge in [0.15, 0.2) is 0 Å². The van der Waals surface area contributed by atoms with Gasteiger partial charge in [-0.3, -0.25) is 11.3 Å². The fourth-order valence-electron chi connectivity index (χ4n) is 1.63. The van der Waals surface area contributed by atoms with E-state index < -0.39 is 0 Å². The number of rotatable bonds is 4. The van der Waals surface area contributed by atoms with Crippen molar-refractivity contribution in [2.24, 2.45) is 5.84 Å². The Labute approximate surface area is 98.8 Å². The lowest BCUT2D eigenvalue weighted by atomic mass is 10.00. The first kappa shape index (κ1) is 11.2. The lowest BCUT2D eigenvalue weighted by molar-refractivity contribution is 0.541. The maximum atomic E-state index is 5.55. The Kier molecular flexibility index (Phi) is 3.61. The van der Waals surface area contributed by atoms with Crippen molar-refractivity contribution < 1.29 is 0 Å². The molecule has 0 amide bonds. The third-order valence-corrected chi connectivity index (χ3v) is 3.11. The molecular weight excluding hydrogens is 220 g/mol. The lowest BCUT2D eigenvalue weighted by Gasteiger charge is -2.14.